The van der Waals surface area contributed by atoms with Crippen LogP contribution in [0.1, 0.15) is 39.0 Å². The van der Waals surface area contributed by atoms with E-state index in [1.54, 1.807) is 7.11 Å². The Morgan fingerprint density at radius 2 is 2.22 bits per heavy atom. The topological polar surface area (TPSA) is 33.3 Å². The number of hydrogen-bond acceptors (Lipinski definition) is 2. The number of methoxy groups -OCH3 is 1. The van der Waals surface area contributed by atoms with Crippen molar-refractivity contribution in [2.24, 2.45) is 17.8 Å². The number of rotatable bonds is 6. The molecule has 2 N–H and O–H groups in total. The molecule has 18 heavy (non-hydrogen) atoms. The van der Waals surface area contributed by atoms with Crippen molar-refractivity contribution < 1.29 is 4.74 Å². The molecule has 0 aromatic rings. The highest BCUT2D eigenvalue weighted by Crippen LogP contribution is 2.49. The van der Waals surface area contributed by atoms with Crippen molar-refractivity contribution in [3.8, 4) is 0 Å². The molecule has 2 saturated carbocycles. The predicted octanol–water partition coefficient (Wildman–Crippen LogP) is 2.31. The molecule has 4 atom stereocenters. The van der Waals surface area contributed by atoms with Gasteiger partial charge in [-0.1, -0.05) is 6.42 Å². The van der Waals surface area contributed by atoms with Crippen LogP contribution in [0.5, 0.6) is 0 Å². The minimum Gasteiger partial charge on any atom is -0.385 e. The van der Waals surface area contributed by atoms with Crippen LogP contribution in [0, 0.1) is 17.8 Å². The van der Waals surface area contributed by atoms with Crippen LogP contribution in [-0.2, 0) is 4.74 Å². The van der Waals surface area contributed by atoms with Gasteiger partial charge < -0.3 is 15.4 Å². The van der Waals surface area contributed by atoms with E-state index in [-0.39, 0.29) is 0 Å². The first-order valence-corrected chi connectivity index (χ1v) is 7.65. The zero-order valence-corrected chi connectivity index (χ0v) is 12.4. The van der Waals surface area contributed by atoms with Gasteiger partial charge in [0, 0.05) is 26.3 Å². The molecule has 0 heterocycles. The summed E-state index contributed by atoms with van der Waals surface area (Å²) in [5.74, 6) is 2.80. The normalized spacial score (nSPS) is 31.3. The molecule has 3 nitrogen and oxygen atoms in total. The average Bonchev–Trinajstić information content (AvgIpc) is 2.96. The van der Waals surface area contributed by atoms with Crippen LogP contribution < -0.4 is 10.6 Å². The molecular formula is C14H26N2OS. The van der Waals surface area contributed by atoms with Gasteiger partial charge in [0.1, 0.15) is 0 Å². The van der Waals surface area contributed by atoms with E-state index in [0.29, 0.717) is 6.04 Å². The van der Waals surface area contributed by atoms with Crippen molar-refractivity contribution in [3.05, 3.63) is 0 Å². The van der Waals surface area contributed by atoms with E-state index >= 15 is 0 Å². The summed E-state index contributed by atoms with van der Waals surface area (Å²) in [6.45, 7) is 3.97. The average molecular weight is 270 g/mol. The minimum atomic E-state index is 0.516. The molecule has 104 valence electrons. The molecule has 0 aliphatic heterocycles. The molecule has 0 amide bonds. The molecule has 0 aromatic heterocycles. The molecule has 0 radical (unpaired) electrons. The van der Waals surface area contributed by atoms with E-state index in [1.807, 2.05) is 0 Å². The van der Waals surface area contributed by atoms with Crippen LogP contribution in [-0.4, -0.2) is 31.4 Å². The Morgan fingerprint density at radius 1 is 1.39 bits per heavy atom. The van der Waals surface area contributed by atoms with Crippen molar-refractivity contribution >= 4 is 17.3 Å². The first-order chi connectivity index (χ1) is 8.70. The lowest BCUT2D eigenvalue weighted by Crippen LogP contribution is -2.45. The fourth-order valence-electron chi connectivity index (χ4n) is 3.69. The fraction of sp³-hybridized carbons (Fsp3) is 0.929. The van der Waals surface area contributed by atoms with Crippen molar-refractivity contribution in [1.29, 1.82) is 0 Å². The Hall–Kier alpha value is -0.350. The molecular weight excluding hydrogens is 244 g/mol. The van der Waals surface area contributed by atoms with Gasteiger partial charge in [-0.25, -0.2) is 0 Å². The largest absolute Gasteiger partial charge is 0.385 e. The van der Waals surface area contributed by atoms with Gasteiger partial charge in [-0.05, 0) is 62.6 Å². The smallest absolute Gasteiger partial charge is 0.166 e. The molecule has 2 bridgehead atoms. The summed E-state index contributed by atoms with van der Waals surface area (Å²) in [6, 6.07) is 0.516. The van der Waals surface area contributed by atoms with Gasteiger partial charge in [-0.2, -0.15) is 0 Å². The second kappa shape index (κ2) is 6.71. The Labute approximate surface area is 116 Å². The fourth-order valence-corrected chi connectivity index (χ4v) is 3.98. The van der Waals surface area contributed by atoms with E-state index in [0.717, 1.165) is 42.4 Å². The zero-order chi connectivity index (χ0) is 13.0. The maximum Gasteiger partial charge on any atom is 0.166 e. The van der Waals surface area contributed by atoms with Crippen LogP contribution in [0.15, 0.2) is 0 Å². The van der Waals surface area contributed by atoms with Crippen molar-refractivity contribution in [1.82, 2.24) is 10.6 Å². The van der Waals surface area contributed by atoms with Gasteiger partial charge >= 0.3 is 0 Å². The summed E-state index contributed by atoms with van der Waals surface area (Å²) in [5, 5.41) is 7.53. The summed E-state index contributed by atoms with van der Waals surface area (Å²) < 4.78 is 5.02. The second-order valence-corrected chi connectivity index (χ2v) is 6.28. The Morgan fingerprint density at radius 3 is 2.83 bits per heavy atom. The van der Waals surface area contributed by atoms with Crippen LogP contribution >= 0.6 is 12.2 Å². The van der Waals surface area contributed by atoms with Crippen LogP contribution in [0.25, 0.3) is 0 Å². The minimum absolute atomic E-state index is 0.516. The maximum absolute atomic E-state index is 5.34. The lowest BCUT2D eigenvalue weighted by molar-refractivity contribution is 0.195. The number of thiocarbonyl (C=S) groups is 1. The Kier molecular flexibility index (Phi) is 5.25. The van der Waals surface area contributed by atoms with Gasteiger partial charge in [0.2, 0.25) is 0 Å². The number of fused-ring (bicyclic) bond motifs is 2. The molecule has 2 aliphatic rings. The maximum atomic E-state index is 5.34. The highest BCUT2D eigenvalue weighted by atomic mass is 32.1. The molecule has 2 fully saturated rings. The second-order valence-electron chi connectivity index (χ2n) is 5.87. The number of nitrogens with one attached hydrogen (secondary N) is 2. The van der Waals surface area contributed by atoms with E-state index in [4.69, 9.17) is 17.0 Å². The van der Waals surface area contributed by atoms with Gasteiger partial charge in [0.05, 0.1) is 0 Å². The molecule has 4 heteroatoms. The van der Waals surface area contributed by atoms with Crippen LogP contribution in [0.3, 0.4) is 0 Å². The summed E-state index contributed by atoms with van der Waals surface area (Å²) >= 11 is 5.34. The van der Waals surface area contributed by atoms with Gasteiger partial charge in [0.15, 0.2) is 5.11 Å². The van der Waals surface area contributed by atoms with E-state index in [9.17, 15) is 0 Å². The third-order valence-corrected chi connectivity index (χ3v) is 4.87. The lowest BCUT2D eigenvalue weighted by Gasteiger charge is -2.29. The first kappa shape index (κ1) is 14.1. The summed E-state index contributed by atoms with van der Waals surface area (Å²) in [7, 11) is 1.73. The molecule has 2 aliphatic carbocycles. The Bertz CT molecular complexity index is 285. The predicted molar refractivity (Wildman–Crippen MR) is 78.6 cm³/mol. The Balaban J connectivity index is 1.64. The highest BCUT2D eigenvalue weighted by Gasteiger charge is 2.41. The van der Waals surface area contributed by atoms with Crippen LogP contribution in [0.2, 0.25) is 0 Å². The molecule has 0 spiro atoms. The number of ether oxygens (including phenoxy) is 1. The molecule has 4 unspecified atom stereocenters. The summed E-state index contributed by atoms with van der Waals surface area (Å²) in [4.78, 5) is 0. The van der Waals surface area contributed by atoms with E-state index < -0.39 is 0 Å². The van der Waals surface area contributed by atoms with E-state index in [1.165, 1.54) is 25.7 Å². The standard InChI is InChI=1S/C14H26N2OS/c1-10(13-9-11-4-5-12(13)8-11)16-14(18)15-6-3-7-17-2/h10-13H,3-9H2,1-2H3,(H2,15,16,18). The molecule has 0 saturated heterocycles. The van der Waals surface area contributed by atoms with Crippen molar-refractivity contribution in [3.63, 3.8) is 0 Å². The highest BCUT2D eigenvalue weighted by molar-refractivity contribution is 7.80. The lowest BCUT2D eigenvalue weighted by atomic mass is 9.84. The monoisotopic (exact) mass is 270 g/mol. The van der Waals surface area contributed by atoms with Crippen molar-refractivity contribution in [2.45, 2.75) is 45.1 Å². The van der Waals surface area contributed by atoms with Crippen molar-refractivity contribution in [2.75, 3.05) is 20.3 Å². The van der Waals surface area contributed by atoms with E-state index in [2.05, 4.69) is 17.6 Å². The van der Waals surface area contributed by atoms with Gasteiger partial charge in [-0.15, -0.1) is 0 Å². The third-order valence-electron chi connectivity index (χ3n) is 4.60. The van der Waals surface area contributed by atoms with Gasteiger partial charge in [0.25, 0.3) is 0 Å². The van der Waals surface area contributed by atoms with Gasteiger partial charge in [-0.3, -0.25) is 0 Å². The number of hydrogen-bond donors (Lipinski definition) is 2. The quantitative estimate of drug-likeness (QED) is 0.573. The first-order valence-electron chi connectivity index (χ1n) is 7.24. The molecule has 2 rings (SSSR count). The molecule has 0 aromatic carbocycles. The SMILES string of the molecule is COCCCNC(=S)NC(C)C1CC2CCC1C2. The van der Waals surface area contributed by atoms with Crippen LogP contribution in [0.4, 0.5) is 0 Å². The third kappa shape index (κ3) is 3.58. The summed E-state index contributed by atoms with van der Waals surface area (Å²) in [6.07, 6.45) is 6.78. The zero-order valence-electron chi connectivity index (χ0n) is 11.6. The summed E-state index contributed by atoms with van der Waals surface area (Å²) in [5.41, 5.74) is 0.